The molecule has 1 aromatic rings. The molecule has 0 spiro atoms. The van der Waals surface area contributed by atoms with Crippen molar-refractivity contribution in [2.45, 2.75) is 51.9 Å². The summed E-state index contributed by atoms with van der Waals surface area (Å²) in [5.41, 5.74) is 3.86. The van der Waals surface area contributed by atoms with Crippen molar-refractivity contribution in [3.8, 4) is 11.8 Å². The van der Waals surface area contributed by atoms with E-state index in [1.165, 1.54) is 68.1 Å². The fourth-order valence-electron chi connectivity index (χ4n) is 4.79. The van der Waals surface area contributed by atoms with Crippen LogP contribution in [-0.2, 0) is 4.74 Å². The lowest BCUT2D eigenvalue weighted by atomic mass is 9.75. The van der Waals surface area contributed by atoms with Gasteiger partial charge in [0.15, 0.2) is 0 Å². The molecule has 0 radical (unpaired) electrons. The summed E-state index contributed by atoms with van der Waals surface area (Å²) >= 11 is 1.48. The molecule has 2 aliphatic carbocycles. The smallest absolute Gasteiger partial charge is 0.348 e. The van der Waals surface area contributed by atoms with Crippen molar-refractivity contribution in [1.29, 1.82) is 0 Å². The SMILES string of the molecule is COC(=O)c1sc(C#CC2CC2)cc1C1=C(C2CCC(C)CC2)CN(CCO)CC1. The molecule has 162 valence electrons. The predicted molar refractivity (Wildman–Crippen MR) is 121 cm³/mol. The summed E-state index contributed by atoms with van der Waals surface area (Å²) in [6.07, 6.45) is 8.30. The van der Waals surface area contributed by atoms with E-state index in [2.05, 4.69) is 29.7 Å². The standard InChI is InChI=1S/C25H33NO3S/c1-17-3-8-19(9-4-17)23-16-26(13-14-27)12-11-21(23)22-15-20(10-7-18-5-6-18)30-24(22)25(28)29-2/h15,17-19,27H,3-6,8-9,11-14,16H2,1-2H3. The van der Waals surface area contributed by atoms with E-state index in [0.717, 1.165) is 35.9 Å². The van der Waals surface area contributed by atoms with Crippen molar-refractivity contribution in [2.75, 3.05) is 33.4 Å². The number of aliphatic hydroxyl groups is 1. The summed E-state index contributed by atoms with van der Waals surface area (Å²) in [7, 11) is 1.46. The van der Waals surface area contributed by atoms with Gasteiger partial charge in [0.05, 0.1) is 18.6 Å². The number of rotatable bonds is 5. The van der Waals surface area contributed by atoms with E-state index in [4.69, 9.17) is 4.74 Å². The number of aliphatic hydroxyl groups excluding tert-OH is 1. The van der Waals surface area contributed by atoms with Gasteiger partial charge in [-0.15, -0.1) is 11.3 Å². The average molecular weight is 428 g/mol. The maximum absolute atomic E-state index is 12.6. The molecule has 2 heterocycles. The van der Waals surface area contributed by atoms with Crippen molar-refractivity contribution >= 4 is 22.9 Å². The zero-order chi connectivity index (χ0) is 21.1. The van der Waals surface area contributed by atoms with Crippen molar-refractivity contribution in [3.05, 3.63) is 27.0 Å². The summed E-state index contributed by atoms with van der Waals surface area (Å²) in [4.78, 5) is 16.6. The van der Waals surface area contributed by atoms with E-state index in [1.807, 2.05) is 0 Å². The van der Waals surface area contributed by atoms with E-state index in [0.29, 0.717) is 23.3 Å². The van der Waals surface area contributed by atoms with Gasteiger partial charge < -0.3 is 9.84 Å². The van der Waals surface area contributed by atoms with E-state index in [1.54, 1.807) is 0 Å². The first-order valence-corrected chi connectivity index (χ1v) is 12.2. The van der Waals surface area contributed by atoms with Gasteiger partial charge in [-0.1, -0.05) is 31.6 Å². The number of hydrogen-bond donors (Lipinski definition) is 1. The molecule has 4 rings (SSSR count). The highest BCUT2D eigenvalue weighted by Gasteiger charge is 2.31. The molecular weight excluding hydrogens is 394 g/mol. The van der Waals surface area contributed by atoms with Crippen LogP contribution in [-0.4, -0.2) is 49.3 Å². The van der Waals surface area contributed by atoms with Gasteiger partial charge in [0.25, 0.3) is 0 Å². The molecule has 1 aliphatic heterocycles. The quantitative estimate of drug-likeness (QED) is 0.552. The monoisotopic (exact) mass is 427 g/mol. The van der Waals surface area contributed by atoms with Crippen LogP contribution in [0.4, 0.5) is 0 Å². The van der Waals surface area contributed by atoms with Crippen LogP contribution in [0.5, 0.6) is 0 Å². The van der Waals surface area contributed by atoms with Gasteiger partial charge in [0.2, 0.25) is 0 Å². The minimum Gasteiger partial charge on any atom is -0.465 e. The molecule has 0 bridgehead atoms. The second-order valence-corrected chi connectivity index (χ2v) is 10.2. The Balaban J connectivity index is 1.72. The molecule has 2 saturated carbocycles. The Morgan fingerprint density at radius 1 is 1.27 bits per heavy atom. The van der Waals surface area contributed by atoms with Gasteiger partial charge >= 0.3 is 5.97 Å². The molecule has 0 aromatic carbocycles. The molecule has 5 heteroatoms. The van der Waals surface area contributed by atoms with Crippen LogP contribution in [0.15, 0.2) is 11.6 Å². The third-order valence-corrected chi connectivity index (χ3v) is 7.82. The Kier molecular flexibility index (Phi) is 6.98. The minimum absolute atomic E-state index is 0.192. The van der Waals surface area contributed by atoms with Crippen LogP contribution in [0, 0.1) is 29.6 Å². The lowest BCUT2D eigenvalue weighted by Crippen LogP contribution is -2.36. The number of hydrogen-bond acceptors (Lipinski definition) is 5. The highest BCUT2D eigenvalue weighted by atomic mass is 32.1. The first-order chi connectivity index (χ1) is 14.6. The van der Waals surface area contributed by atoms with Crippen LogP contribution in [0.25, 0.3) is 5.57 Å². The third kappa shape index (κ3) is 4.99. The second kappa shape index (κ2) is 9.68. The summed E-state index contributed by atoms with van der Waals surface area (Å²) in [6.45, 7) is 5.07. The number of thiophene rings is 1. The molecule has 1 N–H and O–H groups in total. The molecule has 0 unspecified atom stereocenters. The van der Waals surface area contributed by atoms with Crippen LogP contribution in [0.2, 0.25) is 0 Å². The van der Waals surface area contributed by atoms with Gasteiger partial charge in [-0.3, -0.25) is 4.90 Å². The van der Waals surface area contributed by atoms with Crippen molar-refractivity contribution in [1.82, 2.24) is 4.90 Å². The zero-order valence-electron chi connectivity index (χ0n) is 18.2. The third-order valence-electron chi connectivity index (χ3n) is 6.79. The number of esters is 1. The van der Waals surface area contributed by atoms with Gasteiger partial charge in [0, 0.05) is 31.1 Å². The number of carbonyl (C=O) groups excluding carboxylic acids is 1. The number of ether oxygens (including phenoxy) is 1. The van der Waals surface area contributed by atoms with Gasteiger partial charge in [0.1, 0.15) is 4.88 Å². The zero-order valence-corrected chi connectivity index (χ0v) is 19.0. The normalized spacial score (nSPS) is 25.0. The largest absolute Gasteiger partial charge is 0.465 e. The van der Waals surface area contributed by atoms with Crippen molar-refractivity contribution in [3.63, 3.8) is 0 Å². The Hall–Kier alpha value is -1.61. The van der Waals surface area contributed by atoms with Gasteiger partial charge in [-0.25, -0.2) is 4.79 Å². The van der Waals surface area contributed by atoms with E-state index >= 15 is 0 Å². The number of β-amino-alcohol motifs (C(OH)–C–C–N with tert-alkyl or cyclic N) is 1. The molecule has 2 fully saturated rings. The molecular formula is C25H33NO3S. The lowest BCUT2D eigenvalue weighted by Gasteiger charge is -2.37. The Bertz CT molecular complexity index is 863. The van der Waals surface area contributed by atoms with E-state index < -0.39 is 0 Å². The van der Waals surface area contributed by atoms with Crippen molar-refractivity contribution < 1.29 is 14.6 Å². The molecule has 3 aliphatic rings. The molecule has 0 amide bonds. The van der Waals surface area contributed by atoms with E-state index in [9.17, 15) is 9.90 Å². The predicted octanol–water partition coefficient (Wildman–Crippen LogP) is 4.57. The number of methoxy groups -OCH3 is 1. The van der Waals surface area contributed by atoms with E-state index in [-0.39, 0.29) is 12.6 Å². The lowest BCUT2D eigenvalue weighted by molar-refractivity contribution is 0.0606. The fourth-order valence-corrected chi connectivity index (χ4v) is 5.76. The minimum atomic E-state index is -0.253. The Morgan fingerprint density at radius 2 is 2.03 bits per heavy atom. The second-order valence-electron chi connectivity index (χ2n) is 9.10. The maximum Gasteiger partial charge on any atom is 0.348 e. The van der Waals surface area contributed by atoms with Crippen molar-refractivity contribution in [2.24, 2.45) is 17.8 Å². The number of carbonyl (C=O) groups is 1. The number of nitrogens with zero attached hydrogens (tertiary/aromatic N) is 1. The summed E-state index contributed by atoms with van der Waals surface area (Å²) in [5.74, 6) is 8.31. The molecule has 0 saturated heterocycles. The Labute approximate surface area is 184 Å². The molecule has 1 aromatic heterocycles. The maximum atomic E-state index is 12.6. The first-order valence-electron chi connectivity index (χ1n) is 11.4. The van der Waals surface area contributed by atoms with Crippen LogP contribution in [0.3, 0.4) is 0 Å². The van der Waals surface area contributed by atoms with Crippen LogP contribution < -0.4 is 0 Å². The molecule has 30 heavy (non-hydrogen) atoms. The first kappa shape index (κ1) is 21.6. The van der Waals surface area contributed by atoms with Gasteiger partial charge in [-0.05, 0) is 61.2 Å². The fraction of sp³-hybridized carbons (Fsp3) is 0.640. The van der Waals surface area contributed by atoms with Crippen LogP contribution >= 0.6 is 11.3 Å². The average Bonchev–Trinajstić information content (AvgIpc) is 3.50. The molecule has 4 nitrogen and oxygen atoms in total. The van der Waals surface area contributed by atoms with Crippen LogP contribution in [0.1, 0.15) is 72.0 Å². The highest BCUT2D eigenvalue weighted by Crippen LogP contribution is 2.42. The topological polar surface area (TPSA) is 49.8 Å². The van der Waals surface area contributed by atoms with Gasteiger partial charge in [-0.2, -0.15) is 0 Å². The summed E-state index contributed by atoms with van der Waals surface area (Å²) in [5, 5.41) is 9.46. The summed E-state index contributed by atoms with van der Waals surface area (Å²) in [6, 6.07) is 2.13. The Morgan fingerprint density at radius 3 is 2.70 bits per heavy atom. The summed E-state index contributed by atoms with van der Waals surface area (Å²) < 4.78 is 5.13. The molecule has 0 atom stereocenters. The highest BCUT2D eigenvalue weighted by molar-refractivity contribution is 7.14.